The van der Waals surface area contributed by atoms with Crippen molar-refractivity contribution < 1.29 is 113 Å². The van der Waals surface area contributed by atoms with Crippen molar-refractivity contribution in [1.29, 1.82) is 0 Å². The predicted octanol–water partition coefficient (Wildman–Crippen LogP) is 16.2. The molecule has 0 saturated carbocycles. The van der Waals surface area contributed by atoms with Gasteiger partial charge in [-0.15, -0.1) is 0 Å². The van der Waals surface area contributed by atoms with Gasteiger partial charge in [-0.1, -0.05) is 123 Å². The Morgan fingerprint density at radius 2 is 0.355 bits per heavy atom. The number of rotatable bonds is 88. The monoisotopic (exact) mass is 1750 g/mol. The van der Waals surface area contributed by atoms with Gasteiger partial charge in [0.2, 0.25) is 0 Å². The number of unbranched alkanes of at least 4 members (excludes halogenated alkanes) is 5. The highest BCUT2D eigenvalue weighted by molar-refractivity contribution is 4.77. The van der Waals surface area contributed by atoms with E-state index in [2.05, 4.69) is 172 Å². The van der Waals surface area contributed by atoms with Crippen LogP contribution in [0.3, 0.4) is 0 Å². The fourth-order valence-corrected chi connectivity index (χ4v) is 12.0. The van der Waals surface area contributed by atoms with Crippen LogP contribution in [0, 0.1) is 38.9 Å². The average Bonchev–Trinajstić information content (AvgIpc) is 0.889. The van der Waals surface area contributed by atoms with Crippen molar-refractivity contribution in [1.82, 2.24) is 5.32 Å². The van der Waals surface area contributed by atoms with Gasteiger partial charge in [-0.2, -0.15) is 0 Å². The van der Waals surface area contributed by atoms with E-state index in [0.29, 0.717) is 298 Å². The summed E-state index contributed by atoms with van der Waals surface area (Å²) in [7, 11) is 13.8. The third-order valence-corrected chi connectivity index (χ3v) is 19.3. The van der Waals surface area contributed by atoms with Crippen LogP contribution in [0.5, 0.6) is 0 Å². The Hall–Kier alpha value is -1.00. The van der Waals surface area contributed by atoms with E-state index in [1.54, 1.807) is 0 Å². The molecule has 0 aromatic carbocycles. The molecule has 2 unspecified atom stereocenters. The van der Waals surface area contributed by atoms with Crippen LogP contribution in [0.25, 0.3) is 0 Å². The number of hydrogen-bond acceptors (Lipinski definition) is 23. The number of quaternary nitrogens is 2. The fraction of sp³-hybridized carbons (Fsp3) is 1.00. The second kappa shape index (κ2) is 84.5. The average molecular weight is 1750 g/mol. The third-order valence-electron chi connectivity index (χ3n) is 19.3. The second-order valence-corrected chi connectivity index (χ2v) is 40.4. The van der Waals surface area contributed by atoms with E-state index in [1.165, 1.54) is 96.6 Å². The minimum absolute atomic E-state index is 0.108. The van der Waals surface area contributed by atoms with Crippen LogP contribution in [-0.4, -0.2) is 367 Å². The Kier molecular flexibility index (Phi) is 86.7. The highest BCUT2D eigenvalue weighted by Crippen LogP contribution is 2.37. The first-order valence-electron chi connectivity index (χ1n) is 47.4. The highest BCUT2D eigenvalue weighted by atomic mass is 16.6. The molecule has 0 aliphatic rings. The van der Waals surface area contributed by atoms with Crippen molar-refractivity contribution in [3.8, 4) is 0 Å². The van der Waals surface area contributed by atoms with Crippen LogP contribution in [0.2, 0.25) is 0 Å². The van der Waals surface area contributed by atoms with E-state index in [-0.39, 0.29) is 5.54 Å². The van der Waals surface area contributed by atoms with Crippen molar-refractivity contribution >= 4 is 0 Å². The second-order valence-electron chi connectivity index (χ2n) is 40.4. The van der Waals surface area contributed by atoms with Crippen molar-refractivity contribution in [2.75, 3.05) is 353 Å². The summed E-state index contributed by atoms with van der Waals surface area (Å²) in [5.41, 5.74) is 2.34. The Morgan fingerprint density at radius 3 is 0.554 bits per heavy atom. The van der Waals surface area contributed by atoms with E-state index >= 15 is 0 Å². The van der Waals surface area contributed by atoms with Crippen LogP contribution in [0.15, 0.2) is 0 Å². The van der Waals surface area contributed by atoms with Gasteiger partial charge in [0.25, 0.3) is 0 Å². The molecule has 0 saturated heterocycles. The molecule has 0 spiro atoms. The van der Waals surface area contributed by atoms with Crippen LogP contribution >= 0.6 is 0 Å². The van der Waals surface area contributed by atoms with Crippen molar-refractivity contribution in [2.24, 2.45) is 38.9 Å². The van der Waals surface area contributed by atoms with Crippen LogP contribution < -0.4 is 5.32 Å². The molecular formula is C96H203N3O22+2. The molecule has 0 radical (unpaired) electrons. The summed E-state index contributed by atoms with van der Waals surface area (Å²) in [6.45, 7) is 69.0. The van der Waals surface area contributed by atoms with Crippen molar-refractivity contribution in [3.05, 3.63) is 0 Å². The normalized spacial score (nSPS) is 13.3. The molecule has 25 heteroatoms. The Balaban J connectivity index is -0.00000273. The van der Waals surface area contributed by atoms with Gasteiger partial charge in [0, 0.05) is 31.9 Å². The molecule has 0 fully saturated rings. The minimum atomic E-state index is 0.108. The third kappa shape index (κ3) is 115. The van der Waals surface area contributed by atoms with Gasteiger partial charge in [0.05, 0.1) is 326 Å². The van der Waals surface area contributed by atoms with E-state index in [4.69, 9.17) is 104 Å². The first kappa shape index (κ1) is 124. The van der Waals surface area contributed by atoms with Crippen LogP contribution in [0.4, 0.5) is 0 Å². The van der Waals surface area contributed by atoms with Crippen LogP contribution in [-0.2, 0) is 104 Å². The summed E-state index contributed by atoms with van der Waals surface area (Å²) in [5.74, 6) is 1.78. The molecule has 0 aliphatic heterocycles. The molecule has 0 aliphatic carbocycles. The van der Waals surface area contributed by atoms with Gasteiger partial charge in [-0.05, 0) is 150 Å². The lowest BCUT2D eigenvalue weighted by Gasteiger charge is -2.32. The van der Waals surface area contributed by atoms with Crippen LogP contribution in [0.1, 0.15) is 234 Å². The zero-order valence-corrected chi connectivity index (χ0v) is 83.8. The summed E-state index contributed by atoms with van der Waals surface area (Å²) in [6.07, 6.45) is 22.3. The van der Waals surface area contributed by atoms with E-state index < -0.39 is 0 Å². The SMILES string of the molecule is CC(C)(C)CCCC(CCCCC[N+](C)(C)C)C(C)(C)C.CC(C)(C)CCCC(CCCC[N+](C)(C)C)C(C)(C)C.CC(C)(C)CCOCCOCCOCCCCCOCCOCCOCCOCCOCCOCCOCCOCCOCCOCCOCCOCCOCCOCCOCCOCCOCCOCCOCCNC(C)(C)C. The van der Waals surface area contributed by atoms with Gasteiger partial charge in [-0.3, -0.25) is 0 Å². The largest absolute Gasteiger partial charge is 0.379 e. The van der Waals surface area contributed by atoms with E-state index in [1.807, 2.05) is 0 Å². The summed E-state index contributed by atoms with van der Waals surface area (Å²) in [4.78, 5) is 0. The highest BCUT2D eigenvalue weighted by Gasteiger charge is 2.27. The Morgan fingerprint density at radius 1 is 0.182 bits per heavy atom. The first-order chi connectivity index (χ1) is 57.3. The maximum Gasteiger partial charge on any atom is 0.0780 e. The minimum Gasteiger partial charge on any atom is -0.379 e. The number of nitrogens with one attached hydrogen (secondary N) is 1. The van der Waals surface area contributed by atoms with Gasteiger partial charge in [0.1, 0.15) is 0 Å². The lowest BCUT2D eigenvalue weighted by atomic mass is 9.74. The zero-order valence-electron chi connectivity index (χ0n) is 83.8. The molecular weight excluding hydrogens is 1550 g/mol. The van der Waals surface area contributed by atoms with Gasteiger partial charge >= 0.3 is 0 Å². The Bertz CT molecular complexity index is 1960. The molecule has 2 atom stereocenters. The topological polar surface area (TPSA) is 215 Å². The smallest absolute Gasteiger partial charge is 0.0780 e. The number of ether oxygens (including phenoxy) is 22. The molecule has 0 aromatic rings. The van der Waals surface area contributed by atoms with Gasteiger partial charge in [-0.25, -0.2) is 0 Å². The molecule has 732 valence electrons. The summed E-state index contributed by atoms with van der Waals surface area (Å²) < 4.78 is 124. The molecule has 0 rings (SSSR count). The first-order valence-corrected chi connectivity index (χ1v) is 47.4. The molecule has 1 N–H and O–H groups in total. The zero-order chi connectivity index (χ0) is 90.7. The number of hydrogen-bond donors (Lipinski definition) is 1. The summed E-state index contributed by atoms with van der Waals surface area (Å²) in [6, 6.07) is 0. The van der Waals surface area contributed by atoms with Crippen molar-refractivity contribution in [3.63, 3.8) is 0 Å². The van der Waals surface area contributed by atoms with E-state index in [0.717, 1.165) is 72.9 Å². The van der Waals surface area contributed by atoms with Gasteiger partial charge in [0.15, 0.2) is 0 Å². The molecule has 0 bridgehead atoms. The lowest BCUT2D eigenvalue weighted by molar-refractivity contribution is -0.870. The molecule has 25 nitrogen and oxygen atoms in total. The standard InChI is InChI=1S/C57H117NO22.C20H44N.C19H42N/c1-56(2,3)10-14-61-18-22-63-20-16-59-12-8-7-9-13-60-17-21-64-24-26-66-28-30-68-32-34-70-36-38-72-40-42-74-44-46-76-48-50-78-52-54-80-55-53-79-51-49-77-47-45-75-43-41-73-39-37-71-35-33-69-31-29-67-27-25-65-23-19-62-15-11-58-57(4,5)6;1-19(2,3)16-13-15-18(20(4,5)6)14-11-10-12-17-21(7,8)9;1-18(2,3)15-12-14-17(19(4,5)6)13-10-11-16-20(7,8)9/h58H,7-55H2,1-6H3;18H,10-17H2,1-9H3;17H,10-16H2,1-9H3/q;2*+1. The quantitative estimate of drug-likeness (QED) is 0.0442. The number of nitrogens with zero attached hydrogens (tertiary/aromatic N) is 2. The van der Waals surface area contributed by atoms with Gasteiger partial charge < -0.3 is 118 Å². The molecule has 121 heavy (non-hydrogen) atoms. The maximum absolute atomic E-state index is 5.64. The Labute approximate surface area is 745 Å². The lowest BCUT2D eigenvalue weighted by Crippen LogP contribution is -2.38. The summed E-state index contributed by atoms with van der Waals surface area (Å²) >= 11 is 0. The summed E-state index contributed by atoms with van der Waals surface area (Å²) in [5, 5.41) is 3.38. The van der Waals surface area contributed by atoms with Crippen molar-refractivity contribution in [2.45, 2.75) is 239 Å². The molecule has 0 heterocycles. The predicted molar refractivity (Wildman–Crippen MR) is 494 cm³/mol. The molecule has 0 amide bonds. The maximum atomic E-state index is 5.64. The van der Waals surface area contributed by atoms with E-state index in [9.17, 15) is 0 Å². The fourth-order valence-electron chi connectivity index (χ4n) is 12.0. The molecule has 0 aromatic heterocycles.